The average molecular weight is 306 g/mol. The molecule has 1 unspecified atom stereocenters. The van der Waals surface area contributed by atoms with Crippen molar-refractivity contribution in [2.75, 3.05) is 14.2 Å². The standard InChI is InChI=1S/C11H12ClNO5S/c1-17-7-3-4-10(18-2)8(5-7)9-6-11(14)13(9)19(12,15)16/h3-5,9H,6H2,1-2H3. The van der Waals surface area contributed by atoms with E-state index in [-0.39, 0.29) is 6.42 Å². The molecule has 0 aromatic heterocycles. The molecule has 19 heavy (non-hydrogen) atoms. The minimum Gasteiger partial charge on any atom is -0.497 e. The molecule has 0 radical (unpaired) electrons. The van der Waals surface area contributed by atoms with Crippen molar-refractivity contribution in [3.8, 4) is 11.5 Å². The number of β-lactam (4-membered cyclic amide) rings is 1. The van der Waals surface area contributed by atoms with Crippen LogP contribution in [0, 0.1) is 0 Å². The molecule has 0 N–H and O–H groups in total. The molecule has 2 rings (SSSR count). The highest BCUT2D eigenvalue weighted by atomic mass is 35.7. The molecular formula is C11H12ClNO5S. The number of amides is 1. The molecule has 0 aliphatic carbocycles. The Hall–Kier alpha value is -1.47. The van der Waals surface area contributed by atoms with Gasteiger partial charge in [-0.25, -0.2) is 4.31 Å². The van der Waals surface area contributed by atoms with E-state index in [4.69, 9.17) is 20.2 Å². The van der Waals surface area contributed by atoms with Crippen LogP contribution in [0.25, 0.3) is 0 Å². The first-order valence-electron chi connectivity index (χ1n) is 5.37. The van der Waals surface area contributed by atoms with E-state index in [1.807, 2.05) is 0 Å². The van der Waals surface area contributed by atoms with Crippen molar-refractivity contribution < 1.29 is 22.7 Å². The molecule has 1 aromatic carbocycles. The predicted octanol–water partition coefficient (Wildman–Crippen LogP) is 1.46. The Bertz CT molecular complexity index is 616. The van der Waals surface area contributed by atoms with Crippen LogP contribution in [0.4, 0.5) is 0 Å². The van der Waals surface area contributed by atoms with Gasteiger partial charge in [0.2, 0.25) is 5.91 Å². The van der Waals surface area contributed by atoms with Gasteiger partial charge in [0, 0.05) is 16.2 Å². The lowest BCUT2D eigenvalue weighted by atomic mass is 9.96. The highest BCUT2D eigenvalue weighted by molar-refractivity contribution is 8.12. The number of rotatable bonds is 4. The second-order valence-corrected chi connectivity index (χ2v) is 6.35. The van der Waals surface area contributed by atoms with Crippen LogP contribution in [-0.2, 0) is 14.0 Å². The Kier molecular flexibility index (Phi) is 3.60. The first-order valence-corrected chi connectivity index (χ1v) is 7.64. The molecule has 6 nitrogen and oxygen atoms in total. The molecule has 8 heteroatoms. The fourth-order valence-electron chi connectivity index (χ4n) is 2.01. The van der Waals surface area contributed by atoms with Gasteiger partial charge in [0.15, 0.2) is 0 Å². The Morgan fingerprint density at radius 1 is 1.32 bits per heavy atom. The maximum Gasteiger partial charge on any atom is 0.324 e. The third-order valence-electron chi connectivity index (χ3n) is 2.93. The molecular weight excluding hydrogens is 294 g/mol. The summed E-state index contributed by atoms with van der Waals surface area (Å²) in [5, 5.41) is 0. The van der Waals surface area contributed by atoms with Crippen LogP contribution in [0.3, 0.4) is 0 Å². The number of hydrogen-bond acceptors (Lipinski definition) is 5. The van der Waals surface area contributed by atoms with Crippen LogP contribution < -0.4 is 9.47 Å². The maximum atomic E-state index is 11.4. The molecule has 0 bridgehead atoms. The lowest BCUT2D eigenvalue weighted by Gasteiger charge is -2.37. The molecule has 1 aromatic rings. The Balaban J connectivity index is 2.44. The quantitative estimate of drug-likeness (QED) is 0.622. The lowest BCUT2D eigenvalue weighted by molar-refractivity contribution is -0.137. The number of halogens is 1. The summed E-state index contributed by atoms with van der Waals surface area (Å²) in [6.45, 7) is 0. The minimum absolute atomic E-state index is 0.0650. The lowest BCUT2D eigenvalue weighted by Crippen LogP contribution is -2.48. The summed E-state index contributed by atoms with van der Waals surface area (Å²) in [6.07, 6.45) is 0.0650. The first kappa shape index (κ1) is 14.0. The average Bonchev–Trinajstić information content (AvgIpc) is 2.32. The molecule has 1 amide bonds. The first-order chi connectivity index (χ1) is 8.88. The van der Waals surface area contributed by atoms with Gasteiger partial charge < -0.3 is 9.47 Å². The van der Waals surface area contributed by atoms with E-state index >= 15 is 0 Å². The third kappa shape index (κ3) is 2.48. The van der Waals surface area contributed by atoms with Gasteiger partial charge in [0.1, 0.15) is 11.5 Å². The number of benzene rings is 1. The number of carbonyl (C=O) groups is 1. The molecule has 1 aliphatic rings. The largest absolute Gasteiger partial charge is 0.497 e. The summed E-state index contributed by atoms with van der Waals surface area (Å²) in [6, 6.07) is 4.31. The van der Waals surface area contributed by atoms with Gasteiger partial charge in [-0.3, -0.25) is 4.79 Å². The van der Waals surface area contributed by atoms with Crippen molar-refractivity contribution in [2.24, 2.45) is 0 Å². The van der Waals surface area contributed by atoms with Gasteiger partial charge in [-0.1, -0.05) is 0 Å². The topological polar surface area (TPSA) is 72.9 Å². The van der Waals surface area contributed by atoms with Crippen molar-refractivity contribution >= 4 is 25.8 Å². The van der Waals surface area contributed by atoms with E-state index in [1.54, 1.807) is 18.2 Å². The van der Waals surface area contributed by atoms with E-state index in [0.29, 0.717) is 21.4 Å². The van der Waals surface area contributed by atoms with Gasteiger partial charge in [-0.2, -0.15) is 8.42 Å². The predicted molar refractivity (Wildman–Crippen MR) is 68.5 cm³/mol. The summed E-state index contributed by atoms with van der Waals surface area (Å²) in [5.41, 5.74) is 0.547. The monoisotopic (exact) mass is 305 g/mol. The molecule has 0 saturated carbocycles. The summed E-state index contributed by atoms with van der Waals surface area (Å²) in [5.74, 6) is 0.482. The molecule has 1 heterocycles. The zero-order chi connectivity index (χ0) is 14.2. The highest BCUT2D eigenvalue weighted by Gasteiger charge is 2.45. The van der Waals surface area contributed by atoms with E-state index in [9.17, 15) is 13.2 Å². The van der Waals surface area contributed by atoms with Gasteiger partial charge in [-0.15, -0.1) is 0 Å². The molecule has 1 aliphatic heterocycles. The zero-order valence-electron chi connectivity index (χ0n) is 10.3. The van der Waals surface area contributed by atoms with Crippen LogP contribution in [-0.4, -0.2) is 32.8 Å². The smallest absolute Gasteiger partial charge is 0.324 e. The summed E-state index contributed by atoms with van der Waals surface area (Å²) in [7, 11) is 4.11. The van der Waals surface area contributed by atoms with Crippen LogP contribution in [0.1, 0.15) is 18.0 Å². The van der Waals surface area contributed by atoms with Gasteiger partial charge in [0.05, 0.1) is 26.7 Å². The number of ether oxygens (including phenoxy) is 2. The maximum absolute atomic E-state index is 11.4. The van der Waals surface area contributed by atoms with E-state index in [1.165, 1.54) is 14.2 Å². The van der Waals surface area contributed by atoms with E-state index in [0.717, 1.165) is 0 Å². The molecule has 1 fully saturated rings. The van der Waals surface area contributed by atoms with Gasteiger partial charge >= 0.3 is 9.24 Å². The number of carbonyl (C=O) groups excluding carboxylic acids is 1. The van der Waals surface area contributed by atoms with Crippen LogP contribution in [0.5, 0.6) is 11.5 Å². The minimum atomic E-state index is -4.10. The van der Waals surface area contributed by atoms with Crippen molar-refractivity contribution in [1.29, 1.82) is 0 Å². The van der Waals surface area contributed by atoms with Crippen molar-refractivity contribution in [3.05, 3.63) is 23.8 Å². The fourth-order valence-corrected chi connectivity index (χ4v) is 3.34. The van der Waals surface area contributed by atoms with Crippen molar-refractivity contribution in [2.45, 2.75) is 12.5 Å². The Morgan fingerprint density at radius 3 is 2.47 bits per heavy atom. The number of nitrogens with zero attached hydrogens (tertiary/aromatic N) is 1. The van der Waals surface area contributed by atoms with Crippen LogP contribution >= 0.6 is 10.7 Å². The molecule has 104 valence electrons. The van der Waals surface area contributed by atoms with Gasteiger partial charge in [-0.05, 0) is 18.2 Å². The summed E-state index contributed by atoms with van der Waals surface area (Å²) in [4.78, 5) is 11.4. The van der Waals surface area contributed by atoms with Crippen molar-refractivity contribution in [3.63, 3.8) is 0 Å². The summed E-state index contributed by atoms with van der Waals surface area (Å²) >= 11 is 0. The summed E-state index contributed by atoms with van der Waals surface area (Å²) < 4.78 is 33.6. The normalized spacial score (nSPS) is 19.0. The van der Waals surface area contributed by atoms with Crippen molar-refractivity contribution in [1.82, 2.24) is 4.31 Å². The van der Waals surface area contributed by atoms with Crippen LogP contribution in [0.15, 0.2) is 18.2 Å². The second-order valence-electron chi connectivity index (χ2n) is 3.96. The van der Waals surface area contributed by atoms with E-state index in [2.05, 4.69) is 0 Å². The molecule has 1 saturated heterocycles. The number of methoxy groups -OCH3 is 2. The zero-order valence-corrected chi connectivity index (χ0v) is 11.9. The number of hydrogen-bond donors (Lipinski definition) is 0. The van der Waals surface area contributed by atoms with Gasteiger partial charge in [0.25, 0.3) is 0 Å². The van der Waals surface area contributed by atoms with Crippen LogP contribution in [0.2, 0.25) is 0 Å². The molecule has 1 atom stereocenters. The van der Waals surface area contributed by atoms with E-state index < -0.39 is 21.2 Å². The Labute approximate surface area is 115 Å². The SMILES string of the molecule is COc1ccc(OC)c(C2CC(=O)N2S(=O)(=O)Cl)c1. The fraction of sp³-hybridized carbons (Fsp3) is 0.364. The second kappa shape index (κ2) is 4.90. The highest BCUT2D eigenvalue weighted by Crippen LogP contribution is 2.43. The third-order valence-corrected chi connectivity index (χ3v) is 4.30. The molecule has 0 spiro atoms. The Morgan fingerprint density at radius 2 is 2.00 bits per heavy atom.